The van der Waals surface area contributed by atoms with Crippen LogP contribution >= 0.6 is 0 Å². The van der Waals surface area contributed by atoms with Crippen molar-refractivity contribution in [1.29, 1.82) is 0 Å². The third-order valence-electron chi connectivity index (χ3n) is 3.88. The molecule has 8 heteroatoms. The van der Waals surface area contributed by atoms with E-state index >= 15 is 0 Å². The summed E-state index contributed by atoms with van der Waals surface area (Å²) < 4.78 is 16.1. The molecule has 0 unspecified atom stereocenters. The molecule has 0 aliphatic rings. The number of rotatable bonds is 7. The van der Waals surface area contributed by atoms with E-state index in [0.29, 0.717) is 34.8 Å². The summed E-state index contributed by atoms with van der Waals surface area (Å²) in [5, 5.41) is 6.32. The average molecular weight is 367 g/mol. The summed E-state index contributed by atoms with van der Waals surface area (Å²) in [7, 11) is 4.69. The average Bonchev–Trinajstić information content (AvgIpc) is 2.69. The molecule has 0 saturated heterocycles. The molecule has 3 aromatic rings. The number of nitrogens with zero attached hydrogens (tertiary/aromatic N) is 3. The molecule has 2 aromatic carbocycles. The van der Waals surface area contributed by atoms with Gasteiger partial charge in [0.1, 0.15) is 6.33 Å². The van der Waals surface area contributed by atoms with Crippen LogP contribution in [0, 0.1) is 6.92 Å². The first-order chi connectivity index (χ1) is 13.1. The summed E-state index contributed by atoms with van der Waals surface area (Å²) in [5.41, 5.74) is 2.72. The number of aryl methyl sites for hydroxylation is 1. The van der Waals surface area contributed by atoms with E-state index in [1.807, 2.05) is 31.2 Å². The second-order valence-electron chi connectivity index (χ2n) is 5.61. The van der Waals surface area contributed by atoms with Gasteiger partial charge in [-0.3, -0.25) is 0 Å². The van der Waals surface area contributed by atoms with E-state index in [1.54, 1.807) is 33.5 Å². The molecule has 2 N–H and O–H groups in total. The molecule has 0 aliphatic carbocycles. The number of hydrogen-bond donors (Lipinski definition) is 2. The van der Waals surface area contributed by atoms with Crippen LogP contribution in [0.25, 0.3) is 0 Å². The highest BCUT2D eigenvalue weighted by atomic mass is 16.5. The molecule has 0 amide bonds. The summed E-state index contributed by atoms with van der Waals surface area (Å²) in [6.45, 7) is 2.01. The summed E-state index contributed by atoms with van der Waals surface area (Å²) in [6.07, 6.45) is 1.44. The van der Waals surface area contributed by atoms with E-state index in [0.717, 1.165) is 11.3 Å². The molecule has 1 aromatic heterocycles. The second kappa shape index (κ2) is 8.22. The zero-order valence-electron chi connectivity index (χ0n) is 15.6. The Labute approximate surface area is 157 Å². The number of benzene rings is 2. The van der Waals surface area contributed by atoms with Crippen LogP contribution in [-0.4, -0.2) is 36.3 Å². The first-order valence-electron chi connectivity index (χ1n) is 8.23. The van der Waals surface area contributed by atoms with Gasteiger partial charge in [-0.05, 0) is 18.6 Å². The van der Waals surface area contributed by atoms with Crippen molar-refractivity contribution in [2.24, 2.45) is 0 Å². The Balaban J connectivity index is 1.85. The first-order valence-corrected chi connectivity index (χ1v) is 8.23. The van der Waals surface area contributed by atoms with Crippen LogP contribution < -0.4 is 24.8 Å². The lowest BCUT2D eigenvalue weighted by Gasteiger charge is -2.14. The molecular weight excluding hydrogens is 346 g/mol. The van der Waals surface area contributed by atoms with E-state index in [-0.39, 0.29) is 0 Å². The minimum absolute atomic E-state index is 0.385. The second-order valence-corrected chi connectivity index (χ2v) is 5.61. The first kappa shape index (κ1) is 18.2. The molecule has 27 heavy (non-hydrogen) atoms. The van der Waals surface area contributed by atoms with Gasteiger partial charge >= 0.3 is 0 Å². The third kappa shape index (κ3) is 4.17. The van der Waals surface area contributed by atoms with Crippen LogP contribution in [0.4, 0.5) is 23.3 Å². The van der Waals surface area contributed by atoms with Crippen molar-refractivity contribution in [3.8, 4) is 17.2 Å². The molecule has 0 bridgehead atoms. The van der Waals surface area contributed by atoms with Gasteiger partial charge in [0, 0.05) is 23.5 Å². The summed E-state index contributed by atoms with van der Waals surface area (Å²) in [5.74, 6) is 2.41. The van der Waals surface area contributed by atoms with Crippen LogP contribution in [0.5, 0.6) is 17.2 Å². The van der Waals surface area contributed by atoms with Gasteiger partial charge in [0.25, 0.3) is 0 Å². The predicted molar refractivity (Wildman–Crippen MR) is 104 cm³/mol. The normalized spacial score (nSPS) is 10.2. The smallest absolute Gasteiger partial charge is 0.232 e. The van der Waals surface area contributed by atoms with Crippen LogP contribution in [0.15, 0.2) is 42.7 Å². The Kier molecular flexibility index (Phi) is 5.55. The Morgan fingerprint density at radius 1 is 0.815 bits per heavy atom. The fourth-order valence-corrected chi connectivity index (χ4v) is 2.53. The highest BCUT2D eigenvalue weighted by molar-refractivity contribution is 5.66. The lowest BCUT2D eigenvalue weighted by molar-refractivity contribution is 0.324. The number of aromatic nitrogens is 3. The van der Waals surface area contributed by atoms with Gasteiger partial charge in [-0.2, -0.15) is 4.98 Å². The van der Waals surface area contributed by atoms with Crippen LogP contribution in [0.1, 0.15) is 5.56 Å². The van der Waals surface area contributed by atoms with E-state index in [4.69, 9.17) is 14.2 Å². The van der Waals surface area contributed by atoms with Crippen LogP contribution in [-0.2, 0) is 0 Å². The predicted octanol–water partition coefficient (Wildman–Crippen LogP) is 3.69. The number of methoxy groups -OCH3 is 3. The van der Waals surface area contributed by atoms with E-state index in [2.05, 4.69) is 25.6 Å². The topological polar surface area (TPSA) is 90.4 Å². The van der Waals surface area contributed by atoms with Crippen molar-refractivity contribution in [1.82, 2.24) is 15.0 Å². The highest BCUT2D eigenvalue weighted by Crippen LogP contribution is 2.40. The molecule has 0 atom stereocenters. The van der Waals surface area contributed by atoms with Crippen molar-refractivity contribution in [3.05, 3.63) is 48.3 Å². The maximum Gasteiger partial charge on any atom is 0.232 e. The molecule has 0 fully saturated rings. The molecule has 1 heterocycles. The van der Waals surface area contributed by atoms with Crippen molar-refractivity contribution in [2.45, 2.75) is 6.92 Å². The van der Waals surface area contributed by atoms with E-state index in [9.17, 15) is 0 Å². The maximum atomic E-state index is 5.36. The fourth-order valence-electron chi connectivity index (χ4n) is 2.53. The van der Waals surface area contributed by atoms with Gasteiger partial charge < -0.3 is 24.8 Å². The fraction of sp³-hybridized carbons (Fsp3) is 0.211. The van der Waals surface area contributed by atoms with Gasteiger partial charge in [0.2, 0.25) is 17.6 Å². The van der Waals surface area contributed by atoms with Crippen molar-refractivity contribution >= 4 is 23.3 Å². The largest absolute Gasteiger partial charge is 0.493 e. The van der Waals surface area contributed by atoms with Gasteiger partial charge in [-0.15, -0.1) is 0 Å². The molecule has 140 valence electrons. The summed E-state index contributed by atoms with van der Waals surface area (Å²) in [4.78, 5) is 12.7. The van der Waals surface area contributed by atoms with Crippen molar-refractivity contribution in [3.63, 3.8) is 0 Å². The zero-order chi connectivity index (χ0) is 19.2. The van der Waals surface area contributed by atoms with Gasteiger partial charge in [-0.25, -0.2) is 9.97 Å². The molecule has 0 saturated carbocycles. The third-order valence-corrected chi connectivity index (χ3v) is 3.88. The van der Waals surface area contributed by atoms with Crippen molar-refractivity contribution in [2.75, 3.05) is 32.0 Å². The molecule has 3 rings (SSSR count). The van der Waals surface area contributed by atoms with Gasteiger partial charge in [0.15, 0.2) is 11.5 Å². The zero-order valence-corrected chi connectivity index (χ0v) is 15.6. The number of para-hydroxylation sites is 1. The van der Waals surface area contributed by atoms with Crippen molar-refractivity contribution < 1.29 is 14.2 Å². The minimum Gasteiger partial charge on any atom is -0.493 e. The SMILES string of the molecule is COc1cc(Nc2ncnc(Nc3ccccc3C)n2)cc(OC)c1OC. The highest BCUT2D eigenvalue weighted by Gasteiger charge is 2.14. The molecule has 0 radical (unpaired) electrons. The van der Waals surface area contributed by atoms with E-state index < -0.39 is 0 Å². The monoisotopic (exact) mass is 367 g/mol. The maximum absolute atomic E-state index is 5.36. The molecular formula is C19H21N5O3. The Hall–Kier alpha value is -3.55. The van der Waals surface area contributed by atoms with E-state index in [1.165, 1.54) is 6.33 Å². The molecule has 0 spiro atoms. The molecule has 0 aliphatic heterocycles. The van der Waals surface area contributed by atoms with Gasteiger partial charge in [-0.1, -0.05) is 18.2 Å². The lowest BCUT2D eigenvalue weighted by Crippen LogP contribution is -2.04. The summed E-state index contributed by atoms with van der Waals surface area (Å²) in [6, 6.07) is 11.5. The Morgan fingerprint density at radius 3 is 2.04 bits per heavy atom. The standard InChI is InChI=1S/C19H21N5O3/c1-12-7-5-6-8-14(12)23-19-21-11-20-18(24-19)22-13-9-15(25-2)17(27-4)16(10-13)26-3/h5-11H,1-4H3,(H2,20,21,22,23,24). The number of anilines is 4. The Bertz CT molecular complexity index is 908. The number of hydrogen-bond acceptors (Lipinski definition) is 8. The van der Waals surface area contributed by atoms with Crippen LogP contribution in [0.3, 0.4) is 0 Å². The lowest BCUT2D eigenvalue weighted by atomic mass is 10.2. The minimum atomic E-state index is 0.385. The van der Waals surface area contributed by atoms with Crippen LogP contribution in [0.2, 0.25) is 0 Å². The van der Waals surface area contributed by atoms with Gasteiger partial charge in [0.05, 0.1) is 21.3 Å². The number of nitrogens with one attached hydrogen (secondary N) is 2. The molecule has 8 nitrogen and oxygen atoms in total. The summed E-state index contributed by atoms with van der Waals surface area (Å²) >= 11 is 0. The quantitative estimate of drug-likeness (QED) is 0.653. The number of ether oxygens (including phenoxy) is 3. The Morgan fingerprint density at radius 2 is 1.44 bits per heavy atom.